The first-order valence-electron chi connectivity index (χ1n) is 9.32. The molecule has 2 aliphatic rings. The van der Waals surface area contributed by atoms with Gasteiger partial charge in [0.05, 0.1) is 11.7 Å². The van der Waals surface area contributed by atoms with Crippen LogP contribution in [-0.2, 0) is 5.60 Å². The second kappa shape index (κ2) is 7.46. The van der Waals surface area contributed by atoms with E-state index >= 15 is 0 Å². The molecule has 1 saturated heterocycles. The fourth-order valence-corrected chi connectivity index (χ4v) is 3.77. The second-order valence-corrected chi connectivity index (χ2v) is 7.26. The molecule has 1 unspecified atom stereocenters. The Morgan fingerprint density at radius 2 is 1.67 bits per heavy atom. The molecule has 0 aromatic heterocycles. The molecule has 0 spiro atoms. The third-order valence-electron chi connectivity index (χ3n) is 5.45. The largest absolute Gasteiger partial charge is 0.486 e. The highest BCUT2D eigenvalue weighted by molar-refractivity contribution is 5.44. The molecule has 1 fully saturated rings. The molecule has 2 N–H and O–H groups in total. The quantitative estimate of drug-likeness (QED) is 0.863. The molecule has 4 rings (SSSR count). The number of aliphatic hydroxyl groups is 2. The summed E-state index contributed by atoms with van der Waals surface area (Å²) in [7, 11) is 0. The van der Waals surface area contributed by atoms with Crippen LogP contribution in [0.2, 0.25) is 0 Å². The molecule has 2 heterocycles. The molecule has 1 atom stereocenters. The first-order valence-corrected chi connectivity index (χ1v) is 9.32. The zero-order valence-corrected chi connectivity index (χ0v) is 15.1. The summed E-state index contributed by atoms with van der Waals surface area (Å²) in [6.07, 6.45) is 0.455. The van der Waals surface area contributed by atoms with Crippen molar-refractivity contribution in [3.05, 3.63) is 59.4 Å². The van der Waals surface area contributed by atoms with Gasteiger partial charge in [-0.3, -0.25) is 0 Å². The van der Waals surface area contributed by atoms with Crippen LogP contribution in [0, 0.1) is 5.82 Å². The van der Waals surface area contributed by atoms with E-state index in [0.717, 1.165) is 11.1 Å². The van der Waals surface area contributed by atoms with Crippen molar-refractivity contribution in [1.82, 2.24) is 4.90 Å². The smallest absolute Gasteiger partial charge is 0.161 e. The number of likely N-dealkylation sites (tertiary alicyclic amines) is 1. The third-order valence-corrected chi connectivity index (χ3v) is 5.45. The van der Waals surface area contributed by atoms with Gasteiger partial charge in [0.15, 0.2) is 11.5 Å². The lowest BCUT2D eigenvalue weighted by Gasteiger charge is -2.39. The highest BCUT2D eigenvalue weighted by Gasteiger charge is 2.34. The zero-order chi connectivity index (χ0) is 18.9. The van der Waals surface area contributed by atoms with E-state index in [-0.39, 0.29) is 5.82 Å². The van der Waals surface area contributed by atoms with Gasteiger partial charge in [-0.15, -0.1) is 0 Å². The van der Waals surface area contributed by atoms with Crippen molar-refractivity contribution in [1.29, 1.82) is 0 Å². The molecule has 0 bridgehead atoms. The average Bonchev–Trinajstić information content (AvgIpc) is 2.70. The van der Waals surface area contributed by atoms with Crippen molar-refractivity contribution >= 4 is 0 Å². The van der Waals surface area contributed by atoms with Crippen molar-refractivity contribution in [3.8, 4) is 11.5 Å². The Labute approximate surface area is 158 Å². The minimum absolute atomic E-state index is 0.303. The number of hydrogen-bond donors (Lipinski definition) is 2. The number of hydrogen-bond acceptors (Lipinski definition) is 5. The normalized spacial score (nSPS) is 20.3. The Hall–Kier alpha value is -2.15. The fraction of sp³-hybridized carbons (Fsp3) is 0.429. The lowest BCUT2D eigenvalue weighted by molar-refractivity contribution is -0.0345. The van der Waals surface area contributed by atoms with E-state index in [1.807, 2.05) is 18.2 Å². The van der Waals surface area contributed by atoms with Gasteiger partial charge >= 0.3 is 0 Å². The zero-order valence-electron chi connectivity index (χ0n) is 15.1. The molecule has 0 saturated carbocycles. The summed E-state index contributed by atoms with van der Waals surface area (Å²) in [6, 6.07) is 11.6. The Kier molecular flexibility index (Phi) is 5.04. The first-order chi connectivity index (χ1) is 13.0. The highest BCUT2D eigenvalue weighted by atomic mass is 19.1. The number of halogens is 1. The van der Waals surface area contributed by atoms with E-state index in [2.05, 4.69) is 4.90 Å². The summed E-state index contributed by atoms with van der Waals surface area (Å²) in [4.78, 5) is 2.14. The van der Waals surface area contributed by atoms with Crippen LogP contribution in [0.1, 0.15) is 30.1 Å². The van der Waals surface area contributed by atoms with Crippen molar-refractivity contribution in [3.63, 3.8) is 0 Å². The lowest BCUT2D eigenvalue weighted by atomic mass is 9.84. The standard InChI is InChI=1S/C21H24FNO4/c22-17-4-2-16(3-5-17)21(25)7-9-23(10-8-21)14-18(24)15-1-6-19-20(13-15)27-12-11-26-19/h1-6,13,18,24-25H,7-12,14H2. The summed E-state index contributed by atoms with van der Waals surface area (Å²) in [5.74, 6) is 1.07. The van der Waals surface area contributed by atoms with Crippen LogP contribution in [-0.4, -0.2) is 48.0 Å². The molecule has 2 aromatic carbocycles. The maximum absolute atomic E-state index is 13.1. The number of fused-ring (bicyclic) bond motifs is 1. The summed E-state index contributed by atoms with van der Waals surface area (Å²) in [5.41, 5.74) is 0.598. The van der Waals surface area contributed by atoms with Gasteiger partial charge in [0.25, 0.3) is 0 Å². The topological polar surface area (TPSA) is 62.2 Å². The molecule has 0 aliphatic carbocycles. The molecule has 6 heteroatoms. The molecular weight excluding hydrogens is 349 g/mol. The first kappa shape index (κ1) is 18.2. The number of aliphatic hydroxyl groups excluding tert-OH is 1. The van der Waals surface area contributed by atoms with E-state index in [9.17, 15) is 14.6 Å². The van der Waals surface area contributed by atoms with Gasteiger partial charge in [0, 0.05) is 19.6 Å². The minimum atomic E-state index is -0.938. The van der Waals surface area contributed by atoms with Crippen LogP contribution in [0.5, 0.6) is 11.5 Å². The van der Waals surface area contributed by atoms with Crippen LogP contribution in [0.3, 0.4) is 0 Å². The lowest BCUT2D eigenvalue weighted by Crippen LogP contribution is -2.44. The molecule has 2 aromatic rings. The van der Waals surface area contributed by atoms with Crippen molar-refractivity contribution in [2.24, 2.45) is 0 Å². The number of ether oxygens (including phenoxy) is 2. The highest BCUT2D eigenvalue weighted by Crippen LogP contribution is 2.35. The van der Waals surface area contributed by atoms with Crippen molar-refractivity contribution < 1.29 is 24.1 Å². The van der Waals surface area contributed by atoms with Crippen LogP contribution in [0.4, 0.5) is 4.39 Å². The molecule has 144 valence electrons. The Morgan fingerprint density at radius 1 is 1.00 bits per heavy atom. The summed E-state index contributed by atoms with van der Waals surface area (Å²) in [5, 5.41) is 21.5. The van der Waals surface area contributed by atoms with Crippen LogP contribution < -0.4 is 9.47 Å². The van der Waals surface area contributed by atoms with E-state index in [4.69, 9.17) is 9.47 Å². The molecule has 5 nitrogen and oxygen atoms in total. The number of benzene rings is 2. The van der Waals surface area contributed by atoms with Crippen LogP contribution >= 0.6 is 0 Å². The van der Waals surface area contributed by atoms with Gasteiger partial charge in [0.2, 0.25) is 0 Å². The van der Waals surface area contributed by atoms with Gasteiger partial charge < -0.3 is 24.6 Å². The fourth-order valence-electron chi connectivity index (χ4n) is 3.77. The summed E-state index contributed by atoms with van der Waals surface area (Å²) in [6.45, 7) is 2.87. The number of piperidine rings is 1. The molecular formula is C21H24FNO4. The Morgan fingerprint density at radius 3 is 2.37 bits per heavy atom. The van der Waals surface area contributed by atoms with Crippen LogP contribution in [0.15, 0.2) is 42.5 Å². The maximum atomic E-state index is 13.1. The number of rotatable bonds is 4. The van der Waals surface area contributed by atoms with Gasteiger partial charge in [-0.25, -0.2) is 4.39 Å². The molecule has 0 amide bonds. The van der Waals surface area contributed by atoms with E-state index in [1.54, 1.807) is 12.1 Å². The van der Waals surface area contributed by atoms with Gasteiger partial charge in [-0.2, -0.15) is 0 Å². The van der Waals surface area contributed by atoms with Crippen LogP contribution in [0.25, 0.3) is 0 Å². The molecule has 2 aliphatic heterocycles. The molecule has 0 radical (unpaired) electrons. The molecule has 27 heavy (non-hydrogen) atoms. The summed E-state index contributed by atoms with van der Waals surface area (Å²) >= 11 is 0. The van der Waals surface area contributed by atoms with E-state index in [0.29, 0.717) is 57.2 Å². The summed E-state index contributed by atoms with van der Waals surface area (Å²) < 4.78 is 24.2. The average molecular weight is 373 g/mol. The van der Waals surface area contributed by atoms with Crippen molar-refractivity contribution in [2.45, 2.75) is 24.5 Å². The number of β-amino-alcohol motifs (C(OH)–C–C–N with tert-alkyl or cyclic N) is 1. The number of nitrogens with zero attached hydrogens (tertiary/aromatic N) is 1. The van der Waals surface area contributed by atoms with Gasteiger partial charge in [0.1, 0.15) is 19.0 Å². The van der Waals surface area contributed by atoms with Crippen molar-refractivity contribution in [2.75, 3.05) is 32.8 Å². The third kappa shape index (κ3) is 3.93. The van der Waals surface area contributed by atoms with Gasteiger partial charge in [-0.05, 0) is 48.2 Å². The maximum Gasteiger partial charge on any atom is 0.161 e. The predicted octanol–water partition coefficient (Wildman–Crippen LogP) is 2.61. The Balaban J connectivity index is 1.36. The van der Waals surface area contributed by atoms with Gasteiger partial charge in [-0.1, -0.05) is 18.2 Å². The minimum Gasteiger partial charge on any atom is -0.486 e. The Bertz CT molecular complexity index is 787. The van der Waals surface area contributed by atoms with E-state index in [1.165, 1.54) is 12.1 Å². The predicted molar refractivity (Wildman–Crippen MR) is 98.4 cm³/mol. The monoisotopic (exact) mass is 373 g/mol. The van der Waals surface area contributed by atoms with E-state index < -0.39 is 11.7 Å². The second-order valence-electron chi connectivity index (χ2n) is 7.26. The SMILES string of the molecule is OC(CN1CCC(O)(c2ccc(F)cc2)CC1)c1ccc2c(c1)OCCO2.